The molecule has 116 valence electrons. The number of rotatable bonds is 7. The molecule has 0 atom stereocenters. The summed E-state index contributed by atoms with van der Waals surface area (Å²) in [6, 6.07) is 5.89. The zero-order valence-corrected chi connectivity index (χ0v) is 13.4. The Kier molecular flexibility index (Phi) is 5.94. The van der Waals surface area contributed by atoms with E-state index in [2.05, 4.69) is 27.7 Å². The molecule has 0 aromatic heterocycles. The van der Waals surface area contributed by atoms with Crippen molar-refractivity contribution in [3.63, 3.8) is 0 Å². The van der Waals surface area contributed by atoms with E-state index in [0.29, 0.717) is 38.3 Å². The lowest BCUT2D eigenvalue weighted by atomic mass is 9.79. The third-order valence-corrected chi connectivity index (χ3v) is 3.01. The summed E-state index contributed by atoms with van der Waals surface area (Å²) < 4.78 is 22.8. The topological polar surface area (TPSA) is 36.9 Å². The van der Waals surface area contributed by atoms with Gasteiger partial charge in [0.2, 0.25) is 0 Å². The van der Waals surface area contributed by atoms with Crippen LogP contribution in [0.3, 0.4) is 0 Å². The van der Waals surface area contributed by atoms with Crippen molar-refractivity contribution >= 4 is 12.6 Å². The van der Waals surface area contributed by atoms with Gasteiger partial charge in [-0.05, 0) is 29.4 Å². The molecular formula is C16H25BO4. The Hall–Kier alpha value is -1.20. The number of ether oxygens (including phenoxy) is 2. The van der Waals surface area contributed by atoms with Gasteiger partial charge in [0, 0.05) is 0 Å². The maximum absolute atomic E-state index is 5.89. The van der Waals surface area contributed by atoms with Crippen LogP contribution in [0.25, 0.3) is 0 Å². The lowest BCUT2D eigenvalue weighted by Gasteiger charge is -2.16. The molecule has 21 heavy (non-hydrogen) atoms. The molecule has 1 aromatic rings. The van der Waals surface area contributed by atoms with E-state index in [1.54, 1.807) is 0 Å². The highest BCUT2D eigenvalue weighted by Crippen LogP contribution is 2.27. The minimum Gasteiger partial charge on any atom is -0.489 e. The smallest absolute Gasteiger partial charge is 0.489 e. The van der Waals surface area contributed by atoms with Gasteiger partial charge in [-0.25, -0.2) is 0 Å². The van der Waals surface area contributed by atoms with Crippen molar-refractivity contribution in [1.82, 2.24) is 0 Å². The lowest BCUT2D eigenvalue weighted by Crippen LogP contribution is -2.31. The van der Waals surface area contributed by atoms with Gasteiger partial charge in [0.15, 0.2) is 11.5 Å². The van der Waals surface area contributed by atoms with Gasteiger partial charge in [0.25, 0.3) is 0 Å². The van der Waals surface area contributed by atoms with Crippen LogP contribution in [0.1, 0.15) is 27.7 Å². The molecule has 0 unspecified atom stereocenters. The van der Waals surface area contributed by atoms with Crippen molar-refractivity contribution in [2.24, 2.45) is 11.8 Å². The fourth-order valence-electron chi connectivity index (χ4n) is 1.97. The van der Waals surface area contributed by atoms with Crippen molar-refractivity contribution < 1.29 is 18.8 Å². The van der Waals surface area contributed by atoms with E-state index in [9.17, 15) is 0 Å². The van der Waals surface area contributed by atoms with Gasteiger partial charge in [-0.15, -0.1) is 0 Å². The zero-order chi connectivity index (χ0) is 15.2. The van der Waals surface area contributed by atoms with E-state index in [4.69, 9.17) is 18.8 Å². The van der Waals surface area contributed by atoms with E-state index in [0.717, 1.165) is 17.0 Å². The van der Waals surface area contributed by atoms with Crippen LogP contribution in [-0.2, 0) is 9.31 Å². The standard InChI is InChI=1S/C16H25BO4/c1-12(2)10-18-15-6-5-14(17-20-7-8-21-17)9-16(15)19-11-13(3)4/h5-6,9,12-13H,7-8,10-11H2,1-4H3. The number of benzene rings is 1. The Morgan fingerprint density at radius 2 is 1.52 bits per heavy atom. The fourth-order valence-corrected chi connectivity index (χ4v) is 1.97. The molecule has 1 fully saturated rings. The summed E-state index contributed by atoms with van der Waals surface area (Å²) in [6.07, 6.45) is 0. The zero-order valence-electron chi connectivity index (χ0n) is 13.4. The second-order valence-corrected chi connectivity index (χ2v) is 6.19. The molecule has 0 N–H and O–H groups in total. The van der Waals surface area contributed by atoms with Gasteiger partial charge >= 0.3 is 7.12 Å². The van der Waals surface area contributed by atoms with Gasteiger partial charge in [-0.1, -0.05) is 33.8 Å². The summed E-state index contributed by atoms with van der Waals surface area (Å²) in [5.41, 5.74) is 0.975. The number of hydrogen-bond donors (Lipinski definition) is 0. The molecule has 1 heterocycles. The van der Waals surface area contributed by atoms with E-state index >= 15 is 0 Å². The Labute approximate surface area is 127 Å². The first-order chi connectivity index (χ1) is 10.1. The molecule has 1 saturated heterocycles. The summed E-state index contributed by atoms with van der Waals surface area (Å²) in [4.78, 5) is 0. The summed E-state index contributed by atoms with van der Waals surface area (Å²) in [5, 5.41) is 0. The molecule has 1 aliphatic heterocycles. The predicted molar refractivity (Wildman–Crippen MR) is 84.4 cm³/mol. The molecule has 1 aliphatic rings. The molecule has 0 saturated carbocycles. The SMILES string of the molecule is CC(C)COc1ccc(B2OCCO2)cc1OCC(C)C. The van der Waals surface area contributed by atoms with Gasteiger partial charge in [-0.3, -0.25) is 0 Å². The normalized spacial score (nSPS) is 15.0. The highest BCUT2D eigenvalue weighted by atomic mass is 16.6. The maximum Gasteiger partial charge on any atom is 0.494 e. The lowest BCUT2D eigenvalue weighted by molar-refractivity contribution is 0.229. The third-order valence-electron chi connectivity index (χ3n) is 3.01. The molecule has 5 heteroatoms. The number of hydrogen-bond acceptors (Lipinski definition) is 4. The molecule has 2 rings (SSSR count). The van der Waals surface area contributed by atoms with Crippen molar-refractivity contribution in [2.45, 2.75) is 27.7 Å². The maximum atomic E-state index is 5.89. The molecule has 1 aromatic carbocycles. The molecule has 0 radical (unpaired) electrons. The molecule has 0 aliphatic carbocycles. The Morgan fingerprint density at radius 3 is 2.10 bits per heavy atom. The summed E-state index contributed by atoms with van der Waals surface area (Å²) in [6.45, 7) is 11.1. The molecule has 0 amide bonds. The summed E-state index contributed by atoms with van der Waals surface area (Å²) in [7, 11) is -0.287. The average Bonchev–Trinajstić information content (AvgIpc) is 2.97. The fraction of sp³-hybridized carbons (Fsp3) is 0.625. The first-order valence-electron chi connectivity index (χ1n) is 7.69. The second-order valence-electron chi connectivity index (χ2n) is 6.19. The van der Waals surface area contributed by atoms with Crippen LogP contribution in [0.5, 0.6) is 11.5 Å². The summed E-state index contributed by atoms with van der Waals surface area (Å²) in [5.74, 6) is 2.49. The molecule has 0 spiro atoms. The summed E-state index contributed by atoms with van der Waals surface area (Å²) >= 11 is 0. The van der Waals surface area contributed by atoms with Gasteiger partial charge < -0.3 is 18.8 Å². The van der Waals surface area contributed by atoms with E-state index in [1.165, 1.54) is 0 Å². The monoisotopic (exact) mass is 292 g/mol. The highest BCUT2D eigenvalue weighted by molar-refractivity contribution is 6.61. The van der Waals surface area contributed by atoms with Crippen molar-refractivity contribution in [3.8, 4) is 11.5 Å². The van der Waals surface area contributed by atoms with E-state index in [1.807, 2.05) is 18.2 Å². The Balaban J connectivity index is 2.13. The van der Waals surface area contributed by atoms with Crippen molar-refractivity contribution in [3.05, 3.63) is 18.2 Å². The van der Waals surface area contributed by atoms with Crippen molar-refractivity contribution in [2.75, 3.05) is 26.4 Å². The largest absolute Gasteiger partial charge is 0.494 e. The Bertz CT molecular complexity index is 442. The third kappa shape index (κ3) is 4.93. The van der Waals surface area contributed by atoms with Gasteiger partial charge in [0.05, 0.1) is 26.4 Å². The molecule has 0 bridgehead atoms. The second kappa shape index (κ2) is 7.71. The highest BCUT2D eigenvalue weighted by Gasteiger charge is 2.27. The first-order valence-corrected chi connectivity index (χ1v) is 7.69. The van der Waals surface area contributed by atoms with Crippen LogP contribution in [0.2, 0.25) is 0 Å². The van der Waals surface area contributed by atoms with Crippen LogP contribution in [-0.4, -0.2) is 33.5 Å². The average molecular weight is 292 g/mol. The van der Waals surface area contributed by atoms with Crippen LogP contribution in [0.4, 0.5) is 0 Å². The van der Waals surface area contributed by atoms with E-state index < -0.39 is 0 Å². The molecule has 4 nitrogen and oxygen atoms in total. The first kappa shape index (κ1) is 16.2. The van der Waals surface area contributed by atoms with Crippen LogP contribution in [0, 0.1) is 11.8 Å². The minimum atomic E-state index is -0.287. The van der Waals surface area contributed by atoms with Gasteiger partial charge in [0.1, 0.15) is 0 Å². The minimum absolute atomic E-state index is 0.287. The molecular weight excluding hydrogens is 267 g/mol. The Morgan fingerprint density at radius 1 is 0.952 bits per heavy atom. The predicted octanol–water partition coefficient (Wildman–Crippen LogP) is 2.50. The van der Waals surface area contributed by atoms with Crippen LogP contribution < -0.4 is 14.9 Å². The quantitative estimate of drug-likeness (QED) is 0.724. The van der Waals surface area contributed by atoms with Crippen molar-refractivity contribution in [1.29, 1.82) is 0 Å². The van der Waals surface area contributed by atoms with Crippen LogP contribution >= 0.6 is 0 Å². The van der Waals surface area contributed by atoms with Gasteiger partial charge in [-0.2, -0.15) is 0 Å². The van der Waals surface area contributed by atoms with E-state index in [-0.39, 0.29) is 7.12 Å². The van der Waals surface area contributed by atoms with Crippen LogP contribution in [0.15, 0.2) is 18.2 Å².